The van der Waals surface area contributed by atoms with Crippen molar-refractivity contribution < 1.29 is 14.2 Å². The Balaban J connectivity index is 2.78. The molecule has 0 aliphatic carbocycles. The lowest BCUT2D eigenvalue weighted by Crippen LogP contribution is -2.54. The first-order valence-corrected chi connectivity index (χ1v) is 14.1. The molecule has 0 aliphatic rings. The standard InChI is InChI=1S/C27H42N6O6/c28-22-37-19-13-7-1-4-10-16-31-25(34)32(17-11-5-2-8-14-20-38-23-29)27(36)33(26(31)35)18-12-6-3-9-15-21-39-24-30/h1-21H2. The van der Waals surface area contributed by atoms with Crippen molar-refractivity contribution >= 4 is 0 Å². The van der Waals surface area contributed by atoms with Crippen LogP contribution in [0.3, 0.4) is 0 Å². The van der Waals surface area contributed by atoms with Crippen LogP contribution in [0.4, 0.5) is 0 Å². The molecule has 1 heterocycles. The van der Waals surface area contributed by atoms with Gasteiger partial charge in [0.25, 0.3) is 18.8 Å². The van der Waals surface area contributed by atoms with Crippen molar-refractivity contribution in [1.29, 1.82) is 15.8 Å². The van der Waals surface area contributed by atoms with Crippen LogP contribution in [0.5, 0.6) is 0 Å². The Kier molecular flexibility index (Phi) is 19.0. The van der Waals surface area contributed by atoms with Gasteiger partial charge < -0.3 is 14.2 Å². The van der Waals surface area contributed by atoms with Crippen LogP contribution in [-0.2, 0) is 33.8 Å². The Morgan fingerprint density at radius 1 is 0.410 bits per heavy atom. The minimum absolute atomic E-state index is 0.254. The van der Waals surface area contributed by atoms with E-state index in [9.17, 15) is 14.4 Å². The highest BCUT2D eigenvalue weighted by Gasteiger charge is 2.15. The summed E-state index contributed by atoms with van der Waals surface area (Å²) in [6.45, 7) is 1.95. The van der Waals surface area contributed by atoms with Gasteiger partial charge >= 0.3 is 17.1 Å². The van der Waals surface area contributed by atoms with E-state index in [2.05, 4.69) is 14.2 Å². The van der Waals surface area contributed by atoms with Gasteiger partial charge in [0.05, 0.1) is 0 Å². The summed E-state index contributed by atoms with van der Waals surface area (Å²) in [6, 6.07) is 0. The lowest BCUT2D eigenvalue weighted by atomic mass is 10.1. The summed E-state index contributed by atoms with van der Waals surface area (Å²) < 4.78 is 17.6. The molecule has 0 aromatic carbocycles. The largest absolute Gasteiger partial charge is 0.428 e. The first-order chi connectivity index (χ1) is 19.1. The van der Waals surface area contributed by atoms with Crippen molar-refractivity contribution in [3.63, 3.8) is 0 Å². The molecule has 1 aromatic heterocycles. The zero-order chi connectivity index (χ0) is 28.6. The number of unbranched alkanes of at least 4 members (excludes halogenated alkanes) is 12. The van der Waals surface area contributed by atoms with Crippen LogP contribution in [0.25, 0.3) is 0 Å². The molecule has 39 heavy (non-hydrogen) atoms. The molecule has 216 valence electrons. The normalized spacial score (nSPS) is 10.4. The first-order valence-electron chi connectivity index (χ1n) is 14.1. The molecule has 0 amide bonds. The van der Waals surface area contributed by atoms with Crippen molar-refractivity contribution in [3.8, 4) is 18.8 Å². The summed E-state index contributed by atoms with van der Waals surface area (Å²) in [5, 5.41) is 25.2. The van der Waals surface area contributed by atoms with Crippen LogP contribution < -0.4 is 17.1 Å². The third-order valence-corrected chi connectivity index (χ3v) is 6.46. The monoisotopic (exact) mass is 546 g/mol. The second kappa shape index (κ2) is 22.3. The first kappa shape index (κ1) is 33.3. The molecule has 0 atom stereocenters. The van der Waals surface area contributed by atoms with Gasteiger partial charge in [0.2, 0.25) is 0 Å². The number of hydrogen-bond donors (Lipinski definition) is 0. The zero-order valence-corrected chi connectivity index (χ0v) is 23.0. The van der Waals surface area contributed by atoms with Gasteiger partial charge in [0.1, 0.15) is 19.8 Å². The van der Waals surface area contributed by atoms with E-state index in [-0.39, 0.29) is 19.6 Å². The smallest absolute Gasteiger partial charge is 0.336 e. The highest BCUT2D eigenvalue weighted by Crippen LogP contribution is 2.06. The van der Waals surface area contributed by atoms with Crippen LogP contribution in [0.15, 0.2) is 14.4 Å². The maximum absolute atomic E-state index is 13.1. The SMILES string of the molecule is N#COCCCCCCCn1c(=O)n(CCCCCCCOC#N)c(=O)n(CCCCCCCOC#N)c1=O. The molecule has 0 spiro atoms. The van der Waals surface area contributed by atoms with Gasteiger partial charge in [0.15, 0.2) is 0 Å². The summed E-state index contributed by atoms with van der Waals surface area (Å²) in [5.41, 5.74) is -1.66. The third kappa shape index (κ3) is 14.1. The Hall–Kier alpha value is -3.72. The van der Waals surface area contributed by atoms with E-state index in [1.54, 1.807) is 18.8 Å². The summed E-state index contributed by atoms with van der Waals surface area (Å²) >= 11 is 0. The number of ether oxygens (including phenoxy) is 3. The van der Waals surface area contributed by atoms with Gasteiger partial charge in [-0.1, -0.05) is 57.8 Å². The second-order valence-corrected chi connectivity index (χ2v) is 9.43. The lowest BCUT2D eigenvalue weighted by molar-refractivity contribution is 0.260. The maximum atomic E-state index is 13.1. The van der Waals surface area contributed by atoms with Crippen molar-refractivity contribution in [3.05, 3.63) is 31.5 Å². The lowest BCUT2D eigenvalue weighted by Gasteiger charge is -2.14. The summed E-state index contributed by atoms with van der Waals surface area (Å²) in [6.07, 6.45) is 17.1. The highest BCUT2D eigenvalue weighted by molar-refractivity contribution is 4.79. The van der Waals surface area contributed by atoms with Gasteiger partial charge in [-0.05, 0) is 38.5 Å². The van der Waals surface area contributed by atoms with Crippen LogP contribution in [-0.4, -0.2) is 33.5 Å². The maximum Gasteiger partial charge on any atom is 0.336 e. The van der Waals surface area contributed by atoms with E-state index >= 15 is 0 Å². The molecule has 0 radical (unpaired) electrons. The van der Waals surface area contributed by atoms with Gasteiger partial charge in [-0.15, -0.1) is 0 Å². The number of rotatable bonds is 24. The summed E-state index contributed by atoms with van der Waals surface area (Å²) in [7, 11) is 0. The molecule has 0 saturated heterocycles. The molecule has 0 bridgehead atoms. The van der Waals surface area contributed by atoms with E-state index in [1.807, 2.05) is 0 Å². The van der Waals surface area contributed by atoms with Crippen molar-refractivity contribution in [1.82, 2.24) is 13.7 Å². The Morgan fingerprint density at radius 2 is 0.641 bits per heavy atom. The highest BCUT2D eigenvalue weighted by atomic mass is 16.5. The number of hydrogen-bond acceptors (Lipinski definition) is 9. The molecule has 0 aliphatic heterocycles. The minimum Gasteiger partial charge on any atom is -0.428 e. The Morgan fingerprint density at radius 3 is 0.897 bits per heavy atom. The second-order valence-electron chi connectivity index (χ2n) is 9.43. The predicted molar refractivity (Wildman–Crippen MR) is 143 cm³/mol. The molecular formula is C27H42N6O6. The molecule has 0 N–H and O–H groups in total. The molecule has 12 nitrogen and oxygen atoms in total. The summed E-state index contributed by atoms with van der Waals surface area (Å²) in [4.78, 5) is 39.4. The molecule has 0 fully saturated rings. The zero-order valence-electron chi connectivity index (χ0n) is 23.0. The van der Waals surface area contributed by atoms with E-state index in [4.69, 9.17) is 15.8 Å². The van der Waals surface area contributed by atoms with E-state index in [1.165, 1.54) is 13.7 Å². The van der Waals surface area contributed by atoms with Crippen LogP contribution in [0.2, 0.25) is 0 Å². The fraction of sp³-hybridized carbons (Fsp3) is 0.778. The van der Waals surface area contributed by atoms with E-state index in [0.29, 0.717) is 39.1 Å². The molecule has 1 aromatic rings. The van der Waals surface area contributed by atoms with Gasteiger partial charge in [0, 0.05) is 19.6 Å². The van der Waals surface area contributed by atoms with Gasteiger partial charge in [-0.25, -0.2) is 28.1 Å². The average molecular weight is 547 g/mol. The molecule has 0 unspecified atom stereocenters. The summed E-state index contributed by atoms with van der Waals surface area (Å²) in [5.74, 6) is 0. The number of aromatic nitrogens is 3. The fourth-order valence-electron chi connectivity index (χ4n) is 4.32. The fourth-order valence-corrected chi connectivity index (χ4v) is 4.32. The van der Waals surface area contributed by atoms with Crippen molar-refractivity contribution in [2.24, 2.45) is 0 Å². The van der Waals surface area contributed by atoms with Gasteiger partial charge in [-0.2, -0.15) is 15.8 Å². The van der Waals surface area contributed by atoms with E-state index < -0.39 is 17.1 Å². The minimum atomic E-state index is -0.552. The topological polar surface area (TPSA) is 165 Å². The molecule has 1 rings (SSSR count). The van der Waals surface area contributed by atoms with Gasteiger partial charge in [-0.3, -0.25) is 0 Å². The predicted octanol–water partition coefficient (Wildman–Crippen LogP) is 3.52. The Labute approximate surface area is 229 Å². The number of nitrogens with zero attached hydrogens (tertiary/aromatic N) is 6. The van der Waals surface area contributed by atoms with Crippen molar-refractivity contribution in [2.45, 2.75) is 116 Å². The van der Waals surface area contributed by atoms with Crippen LogP contribution in [0.1, 0.15) is 96.3 Å². The quantitative estimate of drug-likeness (QED) is 0.139. The molecular weight excluding hydrogens is 504 g/mol. The van der Waals surface area contributed by atoms with Crippen LogP contribution in [0, 0.1) is 34.6 Å². The average Bonchev–Trinajstić information content (AvgIpc) is 2.93. The van der Waals surface area contributed by atoms with Crippen LogP contribution >= 0.6 is 0 Å². The molecule has 12 heteroatoms. The van der Waals surface area contributed by atoms with E-state index in [0.717, 1.165) is 77.0 Å². The number of nitriles is 3. The van der Waals surface area contributed by atoms with Crippen molar-refractivity contribution in [2.75, 3.05) is 19.8 Å². The Bertz CT molecular complexity index is 936. The molecule has 0 saturated carbocycles. The third-order valence-electron chi connectivity index (χ3n) is 6.46.